The average molecular weight is 685 g/mol. The van der Waals surface area contributed by atoms with Crippen molar-refractivity contribution in [3.05, 3.63) is 191 Å². The molecule has 2 aliphatic carbocycles. The van der Waals surface area contributed by atoms with E-state index < -0.39 is 0 Å². The van der Waals surface area contributed by atoms with Gasteiger partial charge < -0.3 is 0 Å². The van der Waals surface area contributed by atoms with Gasteiger partial charge in [0.25, 0.3) is 0 Å². The third-order valence-corrected chi connectivity index (χ3v) is 12.5. The van der Waals surface area contributed by atoms with Gasteiger partial charge in [0, 0.05) is 0 Å². The highest BCUT2D eigenvalue weighted by Gasteiger charge is 2.19. The fraction of sp³-hybridized carbons (Fsp3) is 0.0741. The van der Waals surface area contributed by atoms with Crippen molar-refractivity contribution in [3.63, 3.8) is 0 Å². The van der Waals surface area contributed by atoms with Crippen molar-refractivity contribution in [2.75, 3.05) is 0 Å². The minimum absolute atomic E-state index is 1.12. The number of aryl methyl sites for hydroxylation is 4. The van der Waals surface area contributed by atoms with Gasteiger partial charge in [-0.15, -0.1) is 0 Å². The summed E-state index contributed by atoms with van der Waals surface area (Å²) in [5.41, 5.74) is 13.6. The largest absolute Gasteiger partial charge is 0.0614 e. The van der Waals surface area contributed by atoms with Gasteiger partial charge >= 0.3 is 0 Å². The number of rotatable bonds is 4. The molecule has 0 N–H and O–H groups in total. The quantitative estimate of drug-likeness (QED) is 0.128. The van der Waals surface area contributed by atoms with Crippen LogP contribution in [-0.2, 0) is 25.7 Å². The lowest BCUT2D eigenvalue weighted by Gasteiger charge is -2.21. The molecule has 0 saturated carbocycles. The molecule has 0 aromatic heterocycles. The standard InChI is InChI=1S/C54H36/c1-5-35-19-21-37-7-3-11-47-49(31-45(9-1)51(35)53(37)47)43-25-23-39-27-33(15-17-41(39)29-43)13-14-34-16-18-42-30-44(26-24-40(42)28-34)50-32-46-10-2-6-36-20-22-38-8-4-12-48(50)54(38)52(36)46/h1-18,23-32H,19-22H2. The van der Waals surface area contributed by atoms with Crippen molar-refractivity contribution >= 4 is 76.8 Å². The van der Waals surface area contributed by atoms with Gasteiger partial charge in [-0.25, -0.2) is 0 Å². The molecule has 12 rings (SSSR count). The van der Waals surface area contributed by atoms with E-state index in [9.17, 15) is 0 Å². The van der Waals surface area contributed by atoms with Crippen LogP contribution < -0.4 is 0 Å². The van der Waals surface area contributed by atoms with E-state index in [1.54, 1.807) is 0 Å². The lowest BCUT2D eigenvalue weighted by atomic mass is 9.83. The van der Waals surface area contributed by atoms with Gasteiger partial charge in [0.1, 0.15) is 0 Å². The Morgan fingerprint density at radius 3 is 1.15 bits per heavy atom. The molecule has 0 fully saturated rings. The van der Waals surface area contributed by atoms with E-state index in [1.165, 1.54) is 120 Å². The van der Waals surface area contributed by atoms with Crippen LogP contribution in [0.2, 0.25) is 0 Å². The Hall–Kier alpha value is -6.50. The summed E-state index contributed by atoms with van der Waals surface area (Å²) in [5, 5.41) is 16.3. The maximum absolute atomic E-state index is 2.41. The molecule has 0 bridgehead atoms. The fourth-order valence-corrected chi connectivity index (χ4v) is 9.91. The van der Waals surface area contributed by atoms with Crippen molar-refractivity contribution in [1.29, 1.82) is 0 Å². The first kappa shape index (κ1) is 30.0. The number of hydrogen-bond donors (Lipinski definition) is 0. The van der Waals surface area contributed by atoms with Crippen LogP contribution in [0.1, 0.15) is 33.4 Å². The van der Waals surface area contributed by atoms with Crippen LogP contribution in [0.15, 0.2) is 158 Å². The summed E-state index contributed by atoms with van der Waals surface area (Å²) in [4.78, 5) is 0. The highest BCUT2D eigenvalue weighted by atomic mass is 14.2. The predicted molar refractivity (Wildman–Crippen MR) is 233 cm³/mol. The SMILES string of the molecule is C(=Cc1ccc2cc(-c3cc4cccc5c4c4c(cccc34)CC5)ccc2c1)c1ccc2cc(-c3cc4cccc5c4c4c(cccc34)CC5)ccc2c1. The normalized spacial score (nSPS) is 13.6. The van der Waals surface area contributed by atoms with E-state index >= 15 is 0 Å². The van der Waals surface area contributed by atoms with Gasteiger partial charge in [-0.2, -0.15) is 0 Å². The van der Waals surface area contributed by atoms with Crippen LogP contribution in [0.3, 0.4) is 0 Å². The van der Waals surface area contributed by atoms with E-state index in [2.05, 4.69) is 170 Å². The monoisotopic (exact) mass is 684 g/mol. The van der Waals surface area contributed by atoms with Gasteiger partial charge in [-0.05, 0) is 182 Å². The zero-order chi connectivity index (χ0) is 35.3. The molecule has 0 spiro atoms. The molecule has 0 unspecified atom stereocenters. The molecule has 0 heterocycles. The Kier molecular flexibility index (Phi) is 6.39. The molecule has 0 nitrogen and oxygen atoms in total. The lowest BCUT2D eigenvalue weighted by molar-refractivity contribution is 0.968. The second-order valence-corrected chi connectivity index (χ2v) is 15.5. The summed E-state index contributed by atoms with van der Waals surface area (Å²) < 4.78 is 0. The topological polar surface area (TPSA) is 0 Å². The summed E-state index contributed by atoms with van der Waals surface area (Å²) in [6, 6.07) is 59.8. The number of benzene rings is 10. The Labute approximate surface area is 314 Å². The van der Waals surface area contributed by atoms with Crippen LogP contribution in [0.25, 0.3) is 99.0 Å². The fourth-order valence-electron chi connectivity index (χ4n) is 9.91. The van der Waals surface area contributed by atoms with Crippen LogP contribution in [0.5, 0.6) is 0 Å². The molecular weight excluding hydrogens is 649 g/mol. The van der Waals surface area contributed by atoms with Crippen LogP contribution in [-0.4, -0.2) is 0 Å². The third kappa shape index (κ3) is 4.56. The molecule has 252 valence electrons. The highest BCUT2D eigenvalue weighted by Crippen LogP contribution is 2.43. The Morgan fingerprint density at radius 2 is 0.685 bits per heavy atom. The summed E-state index contributed by atoms with van der Waals surface area (Å²) in [6.45, 7) is 0. The summed E-state index contributed by atoms with van der Waals surface area (Å²) in [5.74, 6) is 0. The Morgan fingerprint density at radius 1 is 0.296 bits per heavy atom. The van der Waals surface area contributed by atoms with Crippen LogP contribution >= 0.6 is 0 Å². The van der Waals surface area contributed by atoms with Gasteiger partial charge in [0.05, 0.1) is 0 Å². The maximum atomic E-state index is 2.41. The molecule has 54 heavy (non-hydrogen) atoms. The van der Waals surface area contributed by atoms with E-state index in [1.807, 2.05) is 0 Å². The molecule has 0 saturated heterocycles. The van der Waals surface area contributed by atoms with Crippen LogP contribution in [0.4, 0.5) is 0 Å². The second-order valence-electron chi connectivity index (χ2n) is 15.5. The zero-order valence-corrected chi connectivity index (χ0v) is 30.0. The predicted octanol–water partition coefficient (Wildman–Crippen LogP) is 14.3. The zero-order valence-electron chi connectivity index (χ0n) is 30.0. The van der Waals surface area contributed by atoms with Crippen molar-refractivity contribution < 1.29 is 0 Å². The van der Waals surface area contributed by atoms with Gasteiger partial charge in [-0.3, -0.25) is 0 Å². The summed E-state index contributed by atoms with van der Waals surface area (Å²) in [6.07, 6.45) is 8.98. The molecule has 2 aliphatic rings. The minimum Gasteiger partial charge on any atom is -0.0614 e. The molecule has 0 radical (unpaired) electrons. The van der Waals surface area contributed by atoms with Gasteiger partial charge in [0.15, 0.2) is 0 Å². The van der Waals surface area contributed by atoms with Crippen molar-refractivity contribution in [2.45, 2.75) is 25.7 Å². The van der Waals surface area contributed by atoms with Gasteiger partial charge in [-0.1, -0.05) is 133 Å². The van der Waals surface area contributed by atoms with Crippen LogP contribution in [0, 0.1) is 0 Å². The van der Waals surface area contributed by atoms with E-state index in [0.29, 0.717) is 0 Å². The minimum atomic E-state index is 1.12. The molecule has 10 aromatic carbocycles. The molecule has 10 aromatic rings. The first-order chi connectivity index (χ1) is 26.7. The van der Waals surface area contributed by atoms with Gasteiger partial charge in [0.2, 0.25) is 0 Å². The Bertz CT molecular complexity index is 3040. The molecule has 0 atom stereocenters. The van der Waals surface area contributed by atoms with E-state index in [0.717, 1.165) is 25.7 Å². The molecule has 0 amide bonds. The first-order valence-corrected chi connectivity index (χ1v) is 19.4. The lowest BCUT2D eigenvalue weighted by Crippen LogP contribution is -2.01. The maximum Gasteiger partial charge on any atom is -0.00642 e. The molecule has 0 heteroatoms. The van der Waals surface area contributed by atoms with E-state index in [4.69, 9.17) is 0 Å². The Balaban J connectivity index is 0.861. The molecule has 0 aliphatic heterocycles. The first-order valence-electron chi connectivity index (χ1n) is 19.4. The smallest absolute Gasteiger partial charge is 0.00642 e. The third-order valence-electron chi connectivity index (χ3n) is 12.5. The number of fused-ring (bicyclic) bond motifs is 2. The summed E-state index contributed by atoms with van der Waals surface area (Å²) >= 11 is 0. The highest BCUT2D eigenvalue weighted by molar-refractivity contribution is 6.18. The molecular formula is C54H36. The van der Waals surface area contributed by atoms with Crippen molar-refractivity contribution in [2.24, 2.45) is 0 Å². The van der Waals surface area contributed by atoms with Crippen molar-refractivity contribution in [3.8, 4) is 22.3 Å². The second kappa shape index (κ2) is 11.5. The summed E-state index contributed by atoms with van der Waals surface area (Å²) in [7, 11) is 0. The van der Waals surface area contributed by atoms with E-state index in [-0.39, 0.29) is 0 Å². The van der Waals surface area contributed by atoms with Crippen molar-refractivity contribution in [1.82, 2.24) is 0 Å². The average Bonchev–Trinajstić information content (AvgIpc) is 3.23. The number of hydrogen-bond acceptors (Lipinski definition) is 0.